The third kappa shape index (κ3) is 2.36. The number of benzene rings is 1. The smallest absolute Gasteiger partial charge is 0.142 e. The first-order valence-corrected chi connectivity index (χ1v) is 5.22. The Bertz CT molecular complexity index is 390. The van der Waals surface area contributed by atoms with Crippen LogP contribution in [0.2, 0.25) is 5.02 Å². The summed E-state index contributed by atoms with van der Waals surface area (Å²) in [5.74, 6) is -0.201. The minimum absolute atomic E-state index is 0.0940. The molecule has 0 spiro atoms. The standard InChI is InChI=1S/C11H11ClFNO/c12-9-2-1-7(3-10(9)13)4-11(15)8-5-14-6-8/h1-3,8,14H,4-6H2. The maximum Gasteiger partial charge on any atom is 0.142 e. The monoisotopic (exact) mass is 227 g/mol. The Balaban J connectivity index is 2.03. The van der Waals surface area contributed by atoms with E-state index in [1.165, 1.54) is 12.1 Å². The molecule has 0 bridgehead atoms. The number of rotatable bonds is 3. The maximum atomic E-state index is 13.1. The summed E-state index contributed by atoms with van der Waals surface area (Å²) in [7, 11) is 0. The largest absolute Gasteiger partial charge is 0.315 e. The molecule has 0 radical (unpaired) electrons. The van der Waals surface area contributed by atoms with Gasteiger partial charge in [0.2, 0.25) is 0 Å². The third-order valence-electron chi connectivity index (χ3n) is 2.60. The summed E-state index contributed by atoms with van der Waals surface area (Å²) in [6.45, 7) is 1.49. The summed E-state index contributed by atoms with van der Waals surface area (Å²) in [5, 5.41) is 3.13. The van der Waals surface area contributed by atoms with Gasteiger partial charge in [-0.2, -0.15) is 0 Å². The Morgan fingerprint density at radius 3 is 2.80 bits per heavy atom. The number of hydrogen-bond donors (Lipinski definition) is 1. The van der Waals surface area contributed by atoms with Crippen LogP contribution in [-0.2, 0) is 11.2 Å². The van der Waals surface area contributed by atoms with E-state index in [9.17, 15) is 9.18 Å². The van der Waals surface area contributed by atoms with Gasteiger partial charge in [0.15, 0.2) is 0 Å². The molecule has 1 saturated heterocycles. The highest BCUT2D eigenvalue weighted by molar-refractivity contribution is 6.30. The first kappa shape index (κ1) is 10.6. The number of halogens is 2. The number of Topliss-reactive ketones (excluding diaryl/α,β-unsaturated/α-hetero) is 1. The molecule has 1 aromatic rings. The molecule has 2 nitrogen and oxygen atoms in total. The molecule has 0 saturated carbocycles. The predicted octanol–water partition coefficient (Wildman–Crippen LogP) is 1.81. The molecule has 0 atom stereocenters. The molecule has 1 N–H and O–H groups in total. The summed E-state index contributed by atoms with van der Waals surface area (Å²) in [6.07, 6.45) is 0.292. The summed E-state index contributed by atoms with van der Waals surface area (Å²) in [5.41, 5.74) is 0.689. The van der Waals surface area contributed by atoms with Crippen LogP contribution in [0.15, 0.2) is 18.2 Å². The Morgan fingerprint density at radius 2 is 2.27 bits per heavy atom. The SMILES string of the molecule is O=C(Cc1ccc(Cl)c(F)c1)C1CNC1. The lowest BCUT2D eigenvalue weighted by atomic mass is 9.93. The zero-order chi connectivity index (χ0) is 10.8. The van der Waals surface area contributed by atoms with E-state index in [0.717, 1.165) is 13.1 Å². The number of carbonyl (C=O) groups is 1. The minimum atomic E-state index is -0.464. The molecular weight excluding hydrogens is 217 g/mol. The highest BCUT2D eigenvalue weighted by atomic mass is 35.5. The van der Waals surface area contributed by atoms with Crippen LogP contribution in [0.5, 0.6) is 0 Å². The van der Waals surface area contributed by atoms with Crippen LogP contribution >= 0.6 is 11.6 Å². The van der Waals surface area contributed by atoms with Crippen molar-refractivity contribution in [3.8, 4) is 0 Å². The van der Waals surface area contributed by atoms with Gasteiger partial charge in [-0.3, -0.25) is 4.79 Å². The van der Waals surface area contributed by atoms with Crippen molar-refractivity contribution in [1.29, 1.82) is 0 Å². The molecule has 1 aliphatic heterocycles. The second-order valence-corrected chi connectivity index (χ2v) is 4.15. The number of ketones is 1. The van der Waals surface area contributed by atoms with E-state index in [4.69, 9.17) is 11.6 Å². The van der Waals surface area contributed by atoms with Gasteiger partial charge < -0.3 is 5.32 Å². The zero-order valence-electron chi connectivity index (χ0n) is 8.09. The maximum absolute atomic E-state index is 13.1. The fraction of sp³-hybridized carbons (Fsp3) is 0.364. The molecule has 0 aliphatic carbocycles. The Hall–Kier alpha value is -0.930. The predicted molar refractivity (Wildman–Crippen MR) is 56.5 cm³/mol. The lowest BCUT2D eigenvalue weighted by molar-refractivity contribution is -0.123. The summed E-state index contributed by atoms with van der Waals surface area (Å²) < 4.78 is 13.1. The lowest BCUT2D eigenvalue weighted by Crippen LogP contribution is -2.47. The fourth-order valence-electron chi connectivity index (χ4n) is 1.51. The molecule has 1 aliphatic rings. The Morgan fingerprint density at radius 1 is 1.53 bits per heavy atom. The number of nitrogens with one attached hydrogen (secondary N) is 1. The average Bonchev–Trinajstić information content (AvgIpc) is 2.08. The van der Waals surface area contributed by atoms with Gasteiger partial charge in [-0.25, -0.2) is 4.39 Å². The van der Waals surface area contributed by atoms with E-state index >= 15 is 0 Å². The topological polar surface area (TPSA) is 29.1 Å². The third-order valence-corrected chi connectivity index (χ3v) is 2.91. The quantitative estimate of drug-likeness (QED) is 0.854. The van der Waals surface area contributed by atoms with Crippen molar-refractivity contribution in [2.75, 3.05) is 13.1 Å². The van der Waals surface area contributed by atoms with Gasteiger partial charge in [-0.1, -0.05) is 17.7 Å². The molecule has 0 aromatic heterocycles. The van der Waals surface area contributed by atoms with Crippen LogP contribution in [0.3, 0.4) is 0 Å². The van der Waals surface area contributed by atoms with E-state index in [0.29, 0.717) is 12.0 Å². The molecule has 15 heavy (non-hydrogen) atoms. The molecular formula is C11H11ClFNO. The van der Waals surface area contributed by atoms with Crippen molar-refractivity contribution < 1.29 is 9.18 Å². The van der Waals surface area contributed by atoms with Crippen LogP contribution in [-0.4, -0.2) is 18.9 Å². The molecule has 1 heterocycles. The summed E-state index contributed by atoms with van der Waals surface area (Å²) >= 11 is 5.55. The molecule has 0 amide bonds. The van der Waals surface area contributed by atoms with Crippen molar-refractivity contribution in [3.63, 3.8) is 0 Å². The number of hydrogen-bond acceptors (Lipinski definition) is 2. The van der Waals surface area contributed by atoms with Crippen molar-refractivity contribution in [1.82, 2.24) is 5.32 Å². The Kier molecular flexibility index (Phi) is 3.03. The van der Waals surface area contributed by atoms with Crippen molar-refractivity contribution in [3.05, 3.63) is 34.6 Å². The van der Waals surface area contributed by atoms with Crippen LogP contribution < -0.4 is 5.32 Å². The lowest BCUT2D eigenvalue weighted by Gasteiger charge is -2.25. The fourth-order valence-corrected chi connectivity index (χ4v) is 1.63. The number of carbonyl (C=O) groups excluding carboxylic acids is 1. The minimum Gasteiger partial charge on any atom is -0.315 e. The van der Waals surface area contributed by atoms with Crippen LogP contribution in [0.4, 0.5) is 4.39 Å². The van der Waals surface area contributed by atoms with Gasteiger partial charge >= 0.3 is 0 Å². The van der Waals surface area contributed by atoms with Crippen molar-refractivity contribution in [2.45, 2.75) is 6.42 Å². The summed E-state index contributed by atoms with van der Waals surface area (Å²) in [6, 6.07) is 4.50. The van der Waals surface area contributed by atoms with E-state index in [2.05, 4.69) is 5.32 Å². The second kappa shape index (κ2) is 4.29. The van der Waals surface area contributed by atoms with Gasteiger partial charge in [0.1, 0.15) is 11.6 Å². The highest BCUT2D eigenvalue weighted by Crippen LogP contribution is 2.17. The molecule has 1 fully saturated rings. The van der Waals surface area contributed by atoms with E-state index in [1.807, 2.05) is 0 Å². The summed E-state index contributed by atoms with van der Waals surface area (Å²) in [4.78, 5) is 11.6. The molecule has 2 rings (SSSR count). The van der Waals surface area contributed by atoms with Gasteiger partial charge in [0, 0.05) is 25.4 Å². The average molecular weight is 228 g/mol. The first-order chi connectivity index (χ1) is 7.16. The second-order valence-electron chi connectivity index (χ2n) is 3.75. The molecule has 1 aromatic carbocycles. The first-order valence-electron chi connectivity index (χ1n) is 4.84. The molecule has 4 heteroatoms. The van der Waals surface area contributed by atoms with E-state index in [1.54, 1.807) is 6.07 Å². The zero-order valence-corrected chi connectivity index (χ0v) is 8.85. The van der Waals surface area contributed by atoms with Crippen LogP contribution in [0.25, 0.3) is 0 Å². The normalized spacial score (nSPS) is 16.1. The van der Waals surface area contributed by atoms with Gasteiger partial charge in [0.05, 0.1) is 5.02 Å². The van der Waals surface area contributed by atoms with Crippen LogP contribution in [0.1, 0.15) is 5.56 Å². The highest BCUT2D eigenvalue weighted by Gasteiger charge is 2.24. The van der Waals surface area contributed by atoms with E-state index < -0.39 is 5.82 Å². The van der Waals surface area contributed by atoms with Gasteiger partial charge in [-0.05, 0) is 17.7 Å². The van der Waals surface area contributed by atoms with Gasteiger partial charge in [0.25, 0.3) is 0 Å². The van der Waals surface area contributed by atoms with Crippen molar-refractivity contribution in [2.24, 2.45) is 5.92 Å². The molecule has 80 valence electrons. The van der Waals surface area contributed by atoms with Gasteiger partial charge in [-0.15, -0.1) is 0 Å². The van der Waals surface area contributed by atoms with Crippen molar-refractivity contribution >= 4 is 17.4 Å². The van der Waals surface area contributed by atoms with Crippen LogP contribution in [0, 0.1) is 11.7 Å². The Labute approximate surface area is 92.4 Å². The van der Waals surface area contributed by atoms with E-state index in [-0.39, 0.29) is 16.7 Å². The molecule has 0 unspecified atom stereocenters.